The first-order valence-corrected chi connectivity index (χ1v) is 4.68. The third-order valence-electron chi connectivity index (χ3n) is 2.10. The highest BCUT2D eigenvalue weighted by Crippen LogP contribution is 2.13. The van der Waals surface area contributed by atoms with E-state index in [0.717, 1.165) is 12.1 Å². The summed E-state index contributed by atoms with van der Waals surface area (Å²) in [7, 11) is 0. The van der Waals surface area contributed by atoms with Gasteiger partial charge in [0.1, 0.15) is 0 Å². The molecule has 0 aliphatic heterocycles. The van der Waals surface area contributed by atoms with Gasteiger partial charge in [-0.3, -0.25) is 0 Å². The molecule has 1 rings (SSSR count). The summed E-state index contributed by atoms with van der Waals surface area (Å²) >= 11 is 0. The molecule has 12 heavy (non-hydrogen) atoms. The molecule has 1 aromatic carbocycles. The van der Waals surface area contributed by atoms with Gasteiger partial charge in [0.25, 0.3) is 0 Å². The fourth-order valence-corrected chi connectivity index (χ4v) is 1.33. The van der Waals surface area contributed by atoms with E-state index in [1.54, 1.807) is 0 Å². The van der Waals surface area contributed by atoms with Crippen LogP contribution in [0, 0.1) is 0 Å². The number of unbranched alkanes of at least 4 members (excludes halogenated alkanes) is 2. The minimum absolute atomic E-state index is 0. The van der Waals surface area contributed by atoms with Crippen LogP contribution >= 0.6 is 0 Å². The average Bonchev–Trinajstić information content (AvgIpc) is 2.09. The number of benzene rings is 1. The van der Waals surface area contributed by atoms with E-state index in [4.69, 9.17) is 5.73 Å². The quantitative estimate of drug-likeness (QED) is 0.538. The van der Waals surface area contributed by atoms with Gasteiger partial charge in [0.15, 0.2) is 0 Å². The Labute approximate surface area is 76.1 Å². The maximum Gasteiger partial charge on any atom is 0.0346 e. The molecule has 0 aliphatic rings. The van der Waals surface area contributed by atoms with Crippen LogP contribution in [0.3, 0.4) is 0 Å². The second-order valence-electron chi connectivity index (χ2n) is 3.16. The van der Waals surface area contributed by atoms with Gasteiger partial charge in [0.2, 0.25) is 0 Å². The summed E-state index contributed by atoms with van der Waals surface area (Å²) in [5.41, 5.74) is 8.04. The van der Waals surface area contributed by atoms with E-state index in [9.17, 15) is 0 Å². The molecule has 0 saturated heterocycles. The largest absolute Gasteiger partial charge is 0.399 e. The molecule has 0 aliphatic carbocycles. The Morgan fingerprint density at radius 2 is 2.00 bits per heavy atom. The van der Waals surface area contributed by atoms with Crippen molar-refractivity contribution in [3.63, 3.8) is 0 Å². The van der Waals surface area contributed by atoms with Crippen LogP contribution in [0.1, 0.15) is 33.2 Å². The van der Waals surface area contributed by atoms with Gasteiger partial charge >= 0.3 is 0 Å². The number of hydrogen-bond acceptors (Lipinski definition) is 1. The maximum absolute atomic E-state index is 5.80. The van der Waals surface area contributed by atoms with Crippen LogP contribution in [0.5, 0.6) is 0 Å². The first-order valence-electron chi connectivity index (χ1n) is 4.68. The second kappa shape index (κ2) is 4.81. The zero-order valence-corrected chi connectivity index (χ0v) is 7.72. The van der Waals surface area contributed by atoms with Crippen molar-refractivity contribution in [2.24, 2.45) is 0 Å². The normalized spacial score (nSPS) is 10.1. The molecule has 0 fully saturated rings. The summed E-state index contributed by atoms with van der Waals surface area (Å²) in [5, 5.41) is 0. The summed E-state index contributed by atoms with van der Waals surface area (Å²) in [6, 6.07) is 8.13. The molecule has 1 heteroatoms. The first kappa shape index (κ1) is 9.11. The monoisotopic (exact) mass is 165 g/mol. The van der Waals surface area contributed by atoms with E-state index in [1.807, 2.05) is 12.1 Å². The van der Waals surface area contributed by atoms with E-state index in [-0.39, 0.29) is 1.43 Å². The Hall–Kier alpha value is -0.980. The molecule has 2 N–H and O–H groups in total. The molecule has 0 bridgehead atoms. The highest BCUT2D eigenvalue weighted by Gasteiger charge is 1.95. The van der Waals surface area contributed by atoms with Gasteiger partial charge in [-0.05, 0) is 24.5 Å². The van der Waals surface area contributed by atoms with Crippen molar-refractivity contribution in [2.75, 3.05) is 5.73 Å². The standard InChI is InChI=1S/C11H17N.H2/c1-2-3-4-7-10-8-5-6-9-11(10)12;/h5-6,8-9H,2-4,7,12H2,1H3;1H. The molecule has 68 valence electrons. The molecule has 0 atom stereocenters. The summed E-state index contributed by atoms with van der Waals surface area (Å²) in [6.07, 6.45) is 4.95. The van der Waals surface area contributed by atoms with Crippen molar-refractivity contribution in [3.8, 4) is 0 Å². The van der Waals surface area contributed by atoms with Crippen LogP contribution in [0.15, 0.2) is 24.3 Å². The van der Waals surface area contributed by atoms with E-state index < -0.39 is 0 Å². The number of rotatable bonds is 4. The van der Waals surface area contributed by atoms with E-state index in [2.05, 4.69) is 19.1 Å². The summed E-state index contributed by atoms with van der Waals surface area (Å²) in [4.78, 5) is 0. The number of para-hydroxylation sites is 1. The molecule has 0 aromatic heterocycles. The average molecular weight is 165 g/mol. The van der Waals surface area contributed by atoms with Gasteiger partial charge in [-0.25, -0.2) is 0 Å². The molecular formula is C11H19N. The van der Waals surface area contributed by atoms with Crippen molar-refractivity contribution in [2.45, 2.75) is 32.6 Å². The topological polar surface area (TPSA) is 26.0 Å². The molecule has 0 heterocycles. The van der Waals surface area contributed by atoms with Crippen LogP contribution in [0.4, 0.5) is 5.69 Å². The van der Waals surface area contributed by atoms with Crippen molar-refractivity contribution >= 4 is 5.69 Å². The minimum atomic E-state index is 0. The summed E-state index contributed by atoms with van der Waals surface area (Å²) < 4.78 is 0. The van der Waals surface area contributed by atoms with Crippen molar-refractivity contribution in [3.05, 3.63) is 29.8 Å². The summed E-state index contributed by atoms with van der Waals surface area (Å²) in [5.74, 6) is 0. The molecule has 0 radical (unpaired) electrons. The molecule has 0 spiro atoms. The number of nitrogen functional groups attached to an aromatic ring is 1. The lowest BCUT2D eigenvalue weighted by Crippen LogP contribution is -1.93. The van der Waals surface area contributed by atoms with E-state index >= 15 is 0 Å². The predicted octanol–water partition coefficient (Wildman–Crippen LogP) is 3.25. The van der Waals surface area contributed by atoms with E-state index in [1.165, 1.54) is 24.8 Å². The van der Waals surface area contributed by atoms with Crippen LogP contribution in [-0.4, -0.2) is 0 Å². The number of nitrogens with two attached hydrogens (primary N) is 1. The maximum atomic E-state index is 5.80. The van der Waals surface area contributed by atoms with Gasteiger partial charge in [-0.2, -0.15) is 0 Å². The van der Waals surface area contributed by atoms with Crippen LogP contribution < -0.4 is 5.73 Å². The molecule has 0 amide bonds. The third kappa shape index (κ3) is 2.57. The van der Waals surface area contributed by atoms with Crippen LogP contribution in [0.25, 0.3) is 0 Å². The predicted molar refractivity (Wildman–Crippen MR) is 56.2 cm³/mol. The fraction of sp³-hybridized carbons (Fsp3) is 0.455. The lowest BCUT2D eigenvalue weighted by atomic mass is 10.1. The molecule has 0 saturated carbocycles. The first-order chi connectivity index (χ1) is 5.84. The Kier molecular flexibility index (Phi) is 3.65. The molecule has 1 aromatic rings. The van der Waals surface area contributed by atoms with Gasteiger partial charge in [-0.1, -0.05) is 38.0 Å². The number of hydrogen-bond donors (Lipinski definition) is 1. The van der Waals surface area contributed by atoms with Crippen LogP contribution in [-0.2, 0) is 6.42 Å². The SMILES string of the molecule is CCCCCc1ccccc1N.[HH]. The molecule has 0 unspecified atom stereocenters. The Morgan fingerprint density at radius 1 is 1.25 bits per heavy atom. The molecule has 1 nitrogen and oxygen atoms in total. The Morgan fingerprint density at radius 3 is 2.67 bits per heavy atom. The van der Waals surface area contributed by atoms with Gasteiger partial charge in [-0.15, -0.1) is 0 Å². The Bertz CT molecular complexity index is 235. The third-order valence-corrected chi connectivity index (χ3v) is 2.10. The summed E-state index contributed by atoms with van der Waals surface area (Å²) in [6.45, 7) is 2.22. The number of aryl methyl sites for hydroxylation is 1. The van der Waals surface area contributed by atoms with Crippen LogP contribution in [0.2, 0.25) is 0 Å². The van der Waals surface area contributed by atoms with E-state index in [0.29, 0.717) is 0 Å². The highest BCUT2D eigenvalue weighted by molar-refractivity contribution is 5.46. The van der Waals surface area contributed by atoms with Crippen molar-refractivity contribution in [1.82, 2.24) is 0 Å². The van der Waals surface area contributed by atoms with Gasteiger partial charge in [0, 0.05) is 7.11 Å². The minimum Gasteiger partial charge on any atom is -0.399 e. The number of anilines is 1. The zero-order chi connectivity index (χ0) is 8.81. The van der Waals surface area contributed by atoms with Gasteiger partial charge < -0.3 is 5.73 Å². The van der Waals surface area contributed by atoms with Crippen molar-refractivity contribution < 1.29 is 1.43 Å². The van der Waals surface area contributed by atoms with Crippen molar-refractivity contribution in [1.29, 1.82) is 0 Å². The Balaban J connectivity index is 0.00000144. The zero-order valence-electron chi connectivity index (χ0n) is 7.72. The lowest BCUT2D eigenvalue weighted by Gasteiger charge is -2.03. The smallest absolute Gasteiger partial charge is 0.0346 e. The lowest BCUT2D eigenvalue weighted by molar-refractivity contribution is 0.718. The van der Waals surface area contributed by atoms with Gasteiger partial charge in [0.05, 0.1) is 0 Å². The highest BCUT2D eigenvalue weighted by atomic mass is 14.6. The second-order valence-corrected chi connectivity index (χ2v) is 3.16. The fourth-order valence-electron chi connectivity index (χ4n) is 1.33. The molecular weight excluding hydrogens is 146 g/mol.